The van der Waals surface area contributed by atoms with Gasteiger partial charge in [0.15, 0.2) is 0 Å². The highest BCUT2D eigenvalue weighted by atomic mass is 35.6. The predicted molar refractivity (Wildman–Crippen MR) is 54.0 cm³/mol. The van der Waals surface area contributed by atoms with E-state index in [9.17, 15) is 0 Å². The van der Waals surface area contributed by atoms with Crippen LogP contribution >= 0.6 is 10.0 Å². The molecule has 0 fully saturated rings. The van der Waals surface area contributed by atoms with Gasteiger partial charge in [0.05, 0.1) is 0 Å². The third-order valence-electron chi connectivity index (χ3n) is 1.52. The summed E-state index contributed by atoms with van der Waals surface area (Å²) >= 11 is -1.12. The van der Waals surface area contributed by atoms with Gasteiger partial charge < -0.3 is 0 Å². The largest absolute Gasteiger partial charge is 0.497 e. The second-order valence-corrected chi connectivity index (χ2v) is 6.27. The van der Waals surface area contributed by atoms with E-state index in [0.717, 1.165) is 11.7 Å². The molecule has 0 bridgehead atoms. The van der Waals surface area contributed by atoms with Gasteiger partial charge in [0.1, 0.15) is 0 Å². The summed E-state index contributed by atoms with van der Waals surface area (Å²) in [7, 11) is 5.94. The fourth-order valence-electron chi connectivity index (χ4n) is 0.748. The number of rotatable bonds is 4. The summed E-state index contributed by atoms with van der Waals surface area (Å²) in [6.45, 7) is 4.32. The SMILES string of the molecule is CCCCCC#[C][Al]([Cl])[CH2]C. The van der Waals surface area contributed by atoms with Gasteiger partial charge >= 0.3 is 13.2 Å². The molecule has 0 saturated carbocycles. The Morgan fingerprint density at radius 3 is 2.55 bits per heavy atom. The van der Waals surface area contributed by atoms with E-state index in [2.05, 4.69) is 24.6 Å². The molecule has 0 aromatic carbocycles. The van der Waals surface area contributed by atoms with E-state index in [1.807, 2.05) is 0 Å². The minimum Gasteiger partial charge on any atom is -0.239 e. The van der Waals surface area contributed by atoms with Crippen LogP contribution in [0.3, 0.4) is 0 Å². The van der Waals surface area contributed by atoms with E-state index in [4.69, 9.17) is 10.0 Å². The van der Waals surface area contributed by atoms with E-state index in [-0.39, 0.29) is 0 Å². The molecule has 0 N–H and O–H groups in total. The first kappa shape index (κ1) is 11.4. The Hall–Kier alpha value is 0.382. The van der Waals surface area contributed by atoms with Crippen LogP contribution in [0.15, 0.2) is 0 Å². The molecule has 62 valence electrons. The molecule has 0 heterocycles. The summed E-state index contributed by atoms with van der Waals surface area (Å²) in [5, 5.41) is 1.09. The number of hydrogen-bond donors (Lipinski definition) is 0. The summed E-state index contributed by atoms with van der Waals surface area (Å²) in [5.74, 6) is 3.15. The van der Waals surface area contributed by atoms with Crippen LogP contribution < -0.4 is 0 Å². The fourth-order valence-corrected chi connectivity index (χ4v) is 1.55. The Balaban J connectivity index is 3.25. The van der Waals surface area contributed by atoms with Crippen LogP contribution in [-0.2, 0) is 0 Å². The molecule has 0 nitrogen and oxygen atoms in total. The molecule has 0 aromatic heterocycles. The van der Waals surface area contributed by atoms with Crippen LogP contribution in [0.1, 0.15) is 39.5 Å². The maximum atomic E-state index is 5.94. The Kier molecular flexibility index (Phi) is 8.77. The van der Waals surface area contributed by atoms with Crippen LogP contribution in [-0.4, -0.2) is 13.2 Å². The van der Waals surface area contributed by atoms with E-state index < -0.39 is 13.2 Å². The predicted octanol–water partition coefficient (Wildman–Crippen LogP) is 3.36. The van der Waals surface area contributed by atoms with Crippen molar-refractivity contribution < 1.29 is 0 Å². The van der Waals surface area contributed by atoms with Gasteiger partial charge in [0, 0.05) is 6.42 Å². The van der Waals surface area contributed by atoms with Gasteiger partial charge in [-0.25, -0.2) is 10.0 Å². The van der Waals surface area contributed by atoms with Crippen molar-refractivity contribution in [1.29, 1.82) is 0 Å². The second kappa shape index (κ2) is 8.48. The Bertz CT molecular complexity index is 134. The van der Waals surface area contributed by atoms with Gasteiger partial charge in [0.25, 0.3) is 0 Å². The molecule has 0 aliphatic heterocycles. The highest BCUT2D eigenvalue weighted by molar-refractivity contribution is 7.11. The summed E-state index contributed by atoms with van der Waals surface area (Å²) < 4.78 is 0. The Labute approximate surface area is 78.9 Å². The highest BCUT2D eigenvalue weighted by Crippen LogP contribution is 1.98. The summed E-state index contributed by atoms with van der Waals surface area (Å²) in [6.07, 6.45) is 4.86. The zero-order chi connectivity index (χ0) is 8.53. The standard InChI is InChI=1S/C7H11.C2H5.Al.ClH/c1-3-5-7-6-4-2;1-2;;/h3,5-7H2,1H3;1H2,2H3;;1H/q;;+1;/p-1. The van der Waals surface area contributed by atoms with Crippen molar-refractivity contribution in [2.45, 2.75) is 44.8 Å². The molecule has 0 saturated heterocycles. The van der Waals surface area contributed by atoms with Gasteiger partial charge in [-0.15, -0.1) is 5.92 Å². The quantitative estimate of drug-likeness (QED) is 0.359. The molecular weight excluding hydrogens is 171 g/mol. The zero-order valence-corrected chi connectivity index (χ0v) is 9.40. The third kappa shape index (κ3) is 8.29. The molecule has 0 unspecified atom stereocenters. The lowest BCUT2D eigenvalue weighted by Gasteiger charge is -1.89. The Morgan fingerprint density at radius 2 is 2.00 bits per heavy atom. The van der Waals surface area contributed by atoms with Crippen LogP contribution in [0, 0.1) is 10.7 Å². The number of unbranched alkanes of at least 4 members (excludes halogenated alkanes) is 3. The highest BCUT2D eigenvalue weighted by Gasteiger charge is 2.05. The average molecular weight is 187 g/mol. The third-order valence-corrected chi connectivity index (χ3v) is 4.01. The van der Waals surface area contributed by atoms with Crippen molar-refractivity contribution >= 4 is 23.3 Å². The summed E-state index contributed by atoms with van der Waals surface area (Å²) in [4.78, 5) is 3.15. The molecule has 2 heteroatoms. The smallest absolute Gasteiger partial charge is 0.239 e. The van der Waals surface area contributed by atoms with Crippen molar-refractivity contribution in [3.63, 3.8) is 0 Å². The van der Waals surface area contributed by atoms with Gasteiger partial charge in [-0.1, -0.05) is 32.0 Å². The Morgan fingerprint density at radius 1 is 1.27 bits per heavy atom. The monoisotopic (exact) mass is 186 g/mol. The molecule has 0 aliphatic rings. The molecule has 11 heavy (non-hydrogen) atoms. The van der Waals surface area contributed by atoms with Gasteiger partial charge in [0.2, 0.25) is 0 Å². The molecule has 0 radical (unpaired) electrons. The second-order valence-electron chi connectivity index (χ2n) is 2.65. The van der Waals surface area contributed by atoms with Crippen molar-refractivity contribution in [3.05, 3.63) is 0 Å². The van der Waals surface area contributed by atoms with E-state index in [1.54, 1.807) is 0 Å². The van der Waals surface area contributed by atoms with Gasteiger partial charge in [-0.05, 0) is 6.42 Å². The average Bonchev–Trinajstić information content (AvgIpc) is 2.04. The van der Waals surface area contributed by atoms with Crippen LogP contribution in [0.5, 0.6) is 0 Å². The minimum atomic E-state index is -1.12. The van der Waals surface area contributed by atoms with Crippen LogP contribution in [0.2, 0.25) is 5.28 Å². The van der Waals surface area contributed by atoms with E-state index in [1.165, 1.54) is 19.3 Å². The van der Waals surface area contributed by atoms with E-state index in [0.29, 0.717) is 0 Å². The molecule has 0 spiro atoms. The van der Waals surface area contributed by atoms with Crippen LogP contribution in [0.4, 0.5) is 0 Å². The number of halogens is 1. The maximum Gasteiger partial charge on any atom is 0.497 e. The lowest BCUT2D eigenvalue weighted by molar-refractivity contribution is 0.737. The molecule has 0 atom stereocenters. The first-order chi connectivity index (χ1) is 5.31. The van der Waals surface area contributed by atoms with Crippen molar-refractivity contribution in [2.75, 3.05) is 0 Å². The molecule has 0 rings (SSSR count). The zero-order valence-electron chi connectivity index (χ0n) is 7.49. The molecule has 0 aliphatic carbocycles. The van der Waals surface area contributed by atoms with Gasteiger partial charge in [-0.3, -0.25) is 0 Å². The lowest BCUT2D eigenvalue weighted by Crippen LogP contribution is -1.95. The first-order valence-corrected chi connectivity index (χ1v) is 7.57. The van der Waals surface area contributed by atoms with Crippen molar-refractivity contribution in [1.82, 2.24) is 0 Å². The fraction of sp³-hybridized carbons (Fsp3) is 0.778. The molecular formula is C9H16AlCl. The topological polar surface area (TPSA) is 0 Å². The van der Waals surface area contributed by atoms with Crippen LogP contribution in [0.25, 0.3) is 0 Å². The normalized spacial score (nSPS) is 8.64. The molecule has 0 amide bonds. The minimum absolute atomic E-state index is 1.05. The lowest BCUT2D eigenvalue weighted by atomic mass is 10.2. The van der Waals surface area contributed by atoms with E-state index >= 15 is 0 Å². The maximum absolute atomic E-state index is 5.94. The number of hydrogen-bond acceptors (Lipinski definition) is 0. The summed E-state index contributed by atoms with van der Waals surface area (Å²) in [6, 6.07) is 0. The summed E-state index contributed by atoms with van der Waals surface area (Å²) in [5.41, 5.74) is 0. The van der Waals surface area contributed by atoms with Gasteiger partial charge in [-0.2, -0.15) is 4.78 Å². The van der Waals surface area contributed by atoms with Crippen molar-refractivity contribution in [2.24, 2.45) is 0 Å². The van der Waals surface area contributed by atoms with Crippen molar-refractivity contribution in [3.8, 4) is 10.7 Å². The first-order valence-electron chi connectivity index (χ1n) is 4.43. The molecule has 0 aromatic rings.